The van der Waals surface area contributed by atoms with Crippen molar-refractivity contribution in [2.45, 2.75) is 13.3 Å². The maximum Gasteiger partial charge on any atom is 0.260 e. The quantitative estimate of drug-likeness (QED) is 0.607. The third kappa shape index (κ3) is 1.02. The Bertz CT molecular complexity index is 273. The Morgan fingerprint density at radius 3 is 3.18 bits per heavy atom. The fraction of sp³-hybridized carbons (Fsp3) is 0.375. The predicted octanol–water partition coefficient (Wildman–Crippen LogP) is 1.37. The van der Waals surface area contributed by atoms with Crippen LogP contribution in [0.15, 0.2) is 12.1 Å². The second kappa shape index (κ2) is 2.42. The van der Waals surface area contributed by atoms with Gasteiger partial charge in [0.25, 0.3) is 5.88 Å². The standard InChI is InChI=1S/C8H9NO2/c1-2-6-3-4-7-8(9-6)11-5-10-7/h3-4H,2,5H2,1H3. The van der Waals surface area contributed by atoms with Crippen LogP contribution in [0, 0.1) is 0 Å². The molecule has 0 fully saturated rings. The Balaban J connectivity index is 2.41. The van der Waals surface area contributed by atoms with Gasteiger partial charge in [0.1, 0.15) is 0 Å². The molecule has 58 valence electrons. The topological polar surface area (TPSA) is 31.4 Å². The van der Waals surface area contributed by atoms with E-state index in [0.29, 0.717) is 12.7 Å². The first-order valence-corrected chi connectivity index (χ1v) is 3.65. The zero-order chi connectivity index (χ0) is 7.68. The third-order valence-electron chi connectivity index (χ3n) is 1.66. The molecule has 0 atom stereocenters. The molecule has 1 aromatic heterocycles. The molecule has 2 heterocycles. The Kier molecular flexibility index (Phi) is 1.42. The molecule has 1 aliphatic rings. The fourth-order valence-corrected chi connectivity index (χ4v) is 1.02. The summed E-state index contributed by atoms with van der Waals surface area (Å²) in [6.07, 6.45) is 0.927. The van der Waals surface area contributed by atoms with E-state index in [-0.39, 0.29) is 0 Å². The first kappa shape index (κ1) is 6.46. The largest absolute Gasteiger partial charge is 0.452 e. The van der Waals surface area contributed by atoms with Crippen molar-refractivity contribution in [3.8, 4) is 11.6 Å². The van der Waals surface area contributed by atoms with Crippen LogP contribution < -0.4 is 9.47 Å². The normalized spacial score (nSPS) is 13.5. The van der Waals surface area contributed by atoms with E-state index >= 15 is 0 Å². The van der Waals surface area contributed by atoms with Crippen LogP contribution in [-0.4, -0.2) is 11.8 Å². The van der Waals surface area contributed by atoms with Crippen molar-refractivity contribution in [2.24, 2.45) is 0 Å². The van der Waals surface area contributed by atoms with Gasteiger partial charge in [0.05, 0.1) is 0 Å². The summed E-state index contributed by atoms with van der Waals surface area (Å²) in [5.41, 5.74) is 1.04. The van der Waals surface area contributed by atoms with Crippen molar-refractivity contribution in [2.75, 3.05) is 6.79 Å². The average Bonchev–Trinajstić information content (AvgIpc) is 2.50. The molecule has 1 aliphatic heterocycles. The Morgan fingerprint density at radius 1 is 1.45 bits per heavy atom. The molecule has 11 heavy (non-hydrogen) atoms. The van der Waals surface area contributed by atoms with E-state index in [0.717, 1.165) is 17.9 Å². The first-order valence-electron chi connectivity index (χ1n) is 3.65. The molecule has 0 aromatic carbocycles. The highest BCUT2D eigenvalue weighted by atomic mass is 16.7. The van der Waals surface area contributed by atoms with E-state index in [1.165, 1.54) is 0 Å². The van der Waals surface area contributed by atoms with Crippen molar-refractivity contribution in [3.63, 3.8) is 0 Å². The minimum absolute atomic E-state index is 0.301. The molecule has 0 spiro atoms. The van der Waals surface area contributed by atoms with Gasteiger partial charge in [0, 0.05) is 5.69 Å². The molecular formula is C8H9NO2. The molecule has 0 unspecified atom stereocenters. The number of rotatable bonds is 1. The van der Waals surface area contributed by atoms with Crippen molar-refractivity contribution in [3.05, 3.63) is 17.8 Å². The molecular weight excluding hydrogens is 142 g/mol. The minimum Gasteiger partial charge on any atom is -0.452 e. The number of aryl methyl sites for hydroxylation is 1. The van der Waals surface area contributed by atoms with Gasteiger partial charge in [-0.25, -0.2) is 4.98 Å². The van der Waals surface area contributed by atoms with Gasteiger partial charge in [-0.3, -0.25) is 0 Å². The van der Waals surface area contributed by atoms with Crippen molar-refractivity contribution in [1.29, 1.82) is 0 Å². The summed E-state index contributed by atoms with van der Waals surface area (Å²) in [5.74, 6) is 1.38. The second-order valence-corrected chi connectivity index (χ2v) is 2.37. The van der Waals surface area contributed by atoms with Crippen molar-refractivity contribution >= 4 is 0 Å². The van der Waals surface area contributed by atoms with Crippen LogP contribution in [0.25, 0.3) is 0 Å². The molecule has 0 aliphatic carbocycles. The van der Waals surface area contributed by atoms with Crippen LogP contribution >= 0.6 is 0 Å². The smallest absolute Gasteiger partial charge is 0.260 e. The van der Waals surface area contributed by atoms with E-state index in [1.54, 1.807) is 0 Å². The average molecular weight is 151 g/mol. The van der Waals surface area contributed by atoms with Gasteiger partial charge in [-0.15, -0.1) is 0 Å². The van der Waals surface area contributed by atoms with Gasteiger partial charge in [0.2, 0.25) is 6.79 Å². The van der Waals surface area contributed by atoms with Crippen LogP contribution in [-0.2, 0) is 6.42 Å². The van der Waals surface area contributed by atoms with Gasteiger partial charge < -0.3 is 9.47 Å². The third-order valence-corrected chi connectivity index (χ3v) is 1.66. The summed E-state index contributed by atoms with van der Waals surface area (Å²) >= 11 is 0. The van der Waals surface area contributed by atoms with E-state index < -0.39 is 0 Å². The highest BCUT2D eigenvalue weighted by Gasteiger charge is 2.13. The number of pyridine rings is 1. The monoisotopic (exact) mass is 151 g/mol. The Morgan fingerprint density at radius 2 is 2.36 bits per heavy atom. The molecule has 1 aromatic rings. The first-order chi connectivity index (χ1) is 5.40. The summed E-state index contributed by atoms with van der Waals surface area (Å²) in [5, 5.41) is 0. The summed E-state index contributed by atoms with van der Waals surface area (Å²) in [4.78, 5) is 4.22. The lowest BCUT2D eigenvalue weighted by molar-refractivity contribution is 0.171. The molecule has 0 amide bonds. The summed E-state index contributed by atoms with van der Waals surface area (Å²) in [6.45, 7) is 2.36. The van der Waals surface area contributed by atoms with Crippen LogP contribution in [0.3, 0.4) is 0 Å². The van der Waals surface area contributed by atoms with Gasteiger partial charge >= 0.3 is 0 Å². The molecule has 0 N–H and O–H groups in total. The molecule has 0 saturated heterocycles. The van der Waals surface area contributed by atoms with Crippen LogP contribution in [0.2, 0.25) is 0 Å². The number of aromatic nitrogens is 1. The van der Waals surface area contributed by atoms with Gasteiger partial charge in [-0.1, -0.05) is 6.92 Å². The summed E-state index contributed by atoms with van der Waals surface area (Å²) in [7, 11) is 0. The zero-order valence-electron chi connectivity index (χ0n) is 6.33. The molecule has 0 radical (unpaired) electrons. The lowest BCUT2D eigenvalue weighted by Crippen LogP contribution is -1.93. The fourth-order valence-electron chi connectivity index (χ4n) is 1.02. The van der Waals surface area contributed by atoms with Crippen LogP contribution in [0.4, 0.5) is 0 Å². The van der Waals surface area contributed by atoms with Gasteiger partial charge in [-0.2, -0.15) is 0 Å². The van der Waals surface area contributed by atoms with E-state index in [9.17, 15) is 0 Å². The van der Waals surface area contributed by atoms with Gasteiger partial charge in [0.15, 0.2) is 5.75 Å². The van der Waals surface area contributed by atoms with Gasteiger partial charge in [-0.05, 0) is 18.6 Å². The highest BCUT2D eigenvalue weighted by Crippen LogP contribution is 2.29. The maximum atomic E-state index is 5.11. The van der Waals surface area contributed by atoms with E-state index in [1.807, 2.05) is 12.1 Å². The second-order valence-electron chi connectivity index (χ2n) is 2.37. The molecule has 3 nitrogen and oxygen atoms in total. The summed E-state index contributed by atoms with van der Waals surface area (Å²) in [6, 6.07) is 3.85. The number of fused-ring (bicyclic) bond motifs is 1. The minimum atomic E-state index is 0.301. The molecule has 2 rings (SSSR count). The maximum absolute atomic E-state index is 5.11. The number of ether oxygens (including phenoxy) is 2. The highest BCUT2D eigenvalue weighted by molar-refractivity contribution is 5.36. The Hall–Kier alpha value is -1.25. The lowest BCUT2D eigenvalue weighted by Gasteiger charge is -1.96. The predicted molar refractivity (Wildman–Crippen MR) is 39.7 cm³/mol. The Labute approximate surface area is 65.0 Å². The zero-order valence-corrected chi connectivity index (χ0v) is 6.33. The van der Waals surface area contributed by atoms with Crippen molar-refractivity contribution < 1.29 is 9.47 Å². The number of hydrogen-bond donors (Lipinski definition) is 0. The van der Waals surface area contributed by atoms with E-state index in [4.69, 9.17) is 9.47 Å². The molecule has 0 saturated carbocycles. The SMILES string of the molecule is CCc1ccc2c(n1)OCO2. The number of hydrogen-bond acceptors (Lipinski definition) is 3. The summed E-state index contributed by atoms with van der Waals surface area (Å²) < 4.78 is 10.2. The lowest BCUT2D eigenvalue weighted by atomic mass is 10.3. The number of nitrogens with zero attached hydrogens (tertiary/aromatic N) is 1. The van der Waals surface area contributed by atoms with Crippen LogP contribution in [0.5, 0.6) is 11.6 Å². The van der Waals surface area contributed by atoms with E-state index in [2.05, 4.69) is 11.9 Å². The molecule has 3 heteroatoms. The van der Waals surface area contributed by atoms with Crippen molar-refractivity contribution in [1.82, 2.24) is 4.98 Å². The van der Waals surface area contributed by atoms with Crippen LogP contribution in [0.1, 0.15) is 12.6 Å². The molecule has 0 bridgehead atoms.